The Labute approximate surface area is 220 Å². The van der Waals surface area contributed by atoms with Gasteiger partial charge in [0.15, 0.2) is 0 Å². The molecule has 3 rings (SSSR count). The summed E-state index contributed by atoms with van der Waals surface area (Å²) in [6.07, 6.45) is -5.79. The first kappa shape index (κ1) is 29.3. The minimum absolute atomic E-state index is 0.0485. The van der Waals surface area contributed by atoms with E-state index in [0.29, 0.717) is 5.56 Å². The van der Waals surface area contributed by atoms with Crippen LogP contribution < -0.4 is 10.1 Å². The van der Waals surface area contributed by atoms with E-state index < -0.39 is 59.4 Å². The van der Waals surface area contributed by atoms with Crippen LogP contribution in [0.1, 0.15) is 57.4 Å². The zero-order chi connectivity index (χ0) is 28.4. The number of alkyl halides is 3. The summed E-state index contributed by atoms with van der Waals surface area (Å²) in [4.78, 5) is 27.3. The van der Waals surface area contributed by atoms with Gasteiger partial charge < -0.3 is 19.9 Å². The molecule has 2 aromatic rings. The van der Waals surface area contributed by atoms with Gasteiger partial charge in [-0.15, -0.1) is 0 Å². The lowest BCUT2D eigenvalue weighted by Crippen LogP contribution is -2.48. The zero-order valence-corrected chi connectivity index (χ0v) is 22.4. The predicted octanol–water partition coefficient (Wildman–Crippen LogP) is 5.89. The number of rotatable bonds is 7. The number of benzene rings is 2. The second-order valence-corrected chi connectivity index (χ2v) is 10.8. The van der Waals surface area contributed by atoms with E-state index in [4.69, 9.17) is 9.47 Å². The van der Waals surface area contributed by atoms with Gasteiger partial charge in [0.25, 0.3) is 0 Å². The van der Waals surface area contributed by atoms with Gasteiger partial charge in [0.1, 0.15) is 11.8 Å². The van der Waals surface area contributed by atoms with E-state index in [2.05, 4.69) is 5.32 Å². The first-order valence-electron chi connectivity index (χ1n) is 12.4. The molecule has 1 aliphatic rings. The number of aliphatic carboxylic acids is 1. The number of nitrogens with zero attached hydrogens (tertiary/aromatic N) is 1. The van der Waals surface area contributed by atoms with Crippen LogP contribution in [0.5, 0.6) is 5.75 Å². The molecule has 38 heavy (non-hydrogen) atoms. The third-order valence-corrected chi connectivity index (χ3v) is 6.74. The lowest BCUT2D eigenvalue weighted by Gasteiger charge is -2.35. The van der Waals surface area contributed by atoms with Crippen molar-refractivity contribution in [3.8, 4) is 5.75 Å². The average molecular weight is 537 g/mol. The van der Waals surface area contributed by atoms with Gasteiger partial charge in [-0.25, -0.2) is 9.59 Å². The lowest BCUT2D eigenvalue weighted by molar-refractivity contribution is -0.145. The Bertz CT molecular complexity index is 1130. The molecule has 7 nitrogen and oxygen atoms in total. The molecular weight excluding hydrogens is 501 g/mol. The molecule has 1 heterocycles. The number of carboxylic acid groups (broad SMARTS) is 1. The Kier molecular flexibility index (Phi) is 8.65. The van der Waals surface area contributed by atoms with Crippen molar-refractivity contribution in [2.75, 3.05) is 7.11 Å². The van der Waals surface area contributed by atoms with E-state index in [1.54, 1.807) is 44.2 Å². The maximum absolute atomic E-state index is 13.4. The monoisotopic (exact) mass is 536 g/mol. The lowest BCUT2D eigenvalue weighted by atomic mass is 9.72. The van der Waals surface area contributed by atoms with E-state index in [0.717, 1.165) is 12.1 Å². The van der Waals surface area contributed by atoms with E-state index in [9.17, 15) is 27.9 Å². The van der Waals surface area contributed by atoms with Gasteiger partial charge in [0.2, 0.25) is 0 Å². The molecule has 4 atom stereocenters. The minimum atomic E-state index is -4.54. The van der Waals surface area contributed by atoms with Crippen molar-refractivity contribution in [2.24, 2.45) is 11.3 Å². The molecule has 0 aromatic heterocycles. The summed E-state index contributed by atoms with van der Waals surface area (Å²) in [5, 5.41) is 13.7. The summed E-state index contributed by atoms with van der Waals surface area (Å²) in [5.41, 5.74) is -0.492. The molecule has 0 saturated carbocycles. The van der Waals surface area contributed by atoms with Crippen molar-refractivity contribution in [2.45, 2.75) is 71.6 Å². The highest BCUT2D eigenvalue weighted by atomic mass is 19.4. The summed E-state index contributed by atoms with van der Waals surface area (Å²) in [6, 6.07) is 9.56. The molecule has 1 saturated heterocycles. The van der Waals surface area contributed by atoms with E-state index in [1.807, 2.05) is 20.8 Å². The fraction of sp³-hybridized carbons (Fsp3) is 0.500. The molecule has 2 aromatic carbocycles. The summed E-state index contributed by atoms with van der Waals surface area (Å²) in [5.74, 6) is -1.55. The Balaban J connectivity index is 2.14. The van der Waals surface area contributed by atoms with Crippen LogP contribution in [-0.2, 0) is 22.3 Å². The van der Waals surface area contributed by atoms with Gasteiger partial charge in [0, 0.05) is 24.1 Å². The fourth-order valence-corrected chi connectivity index (χ4v) is 5.26. The molecule has 0 unspecified atom stereocenters. The number of nitrogens with one attached hydrogen (secondary N) is 1. The number of halogens is 3. The Morgan fingerprint density at radius 3 is 2.21 bits per heavy atom. The van der Waals surface area contributed by atoms with Crippen LogP contribution in [0.25, 0.3) is 0 Å². The molecule has 0 radical (unpaired) electrons. The van der Waals surface area contributed by atoms with Crippen molar-refractivity contribution in [1.82, 2.24) is 10.2 Å². The van der Waals surface area contributed by atoms with Gasteiger partial charge in [-0.05, 0) is 43.0 Å². The first-order valence-corrected chi connectivity index (χ1v) is 12.4. The SMILES string of the molecule is COc1ccc(C(F)(F)F)cc1CN[C@@H]1[C@@H](C(C)(C)C)[C@H](C(=O)O)N(C(=O)OC(C)C)[C@@H]1c1ccccc1. The Hall–Kier alpha value is -3.27. The molecule has 208 valence electrons. The molecule has 0 bridgehead atoms. The molecule has 0 aliphatic carbocycles. The van der Waals surface area contributed by atoms with Crippen molar-refractivity contribution < 1.29 is 37.3 Å². The van der Waals surface area contributed by atoms with Crippen LogP contribution >= 0.6 is 0 Å². The maximum Gasteiger partial charge on any atom is 0.416 e. The van der Waals surface area contributed by atoms with Crippen LogP contribution in [0.2, 0.25) is 0 Å². The Morgan fingerprint density at radius 1 is 1.08 bits per heavy atom. The summed E-state index contributed by atoms with van der Waals surface area (Å²) >= 11 is 0. The van der Waals surface area contributed by atoms with E-state index >= 15 is 0 Å². The minimum Gasteiger partial charge on any atom is -0.496 e. The third-order valence-electron chi connectivity index (χ3n) is 6.74. The molecule has 1 fully saturated rings. The smallest absolute Gasteiger partial charge is 0.416 e. The summed E-state index contributed by atoms with van der Waals surface area (Å²) < 4.78 is 51.1. The number of hydrogen-bond donors (Lipinski definition) is 2. The Morgan fingerprint density at radius 2 is 1.71 bits per heavy atom. The molecule has 2 N–H and O–H groups in total. The molecular formula is C28H35F3N2O5. The van der Waals surface area contributed by atoms with Gasteiger partial charge >= 0.3 is 18.2 Å². The number of carbonyl (C=O) groups is 2. The van der Waals surface area contributed by atoms with Crippen molar-refractivity contribution in [1.29, 1.82) is 0 Å². The van der Waals surface area contributed by atoms with Gasteiger partial charge in [-0.3, -0.25) is 4.90 Å². The van der Waals surface area contributed by atoms with E-state index in [1.165, 1.54) is 18.1 Å². The van der Waals surface area contributed by atoms with Gasteiger partial charge in [-0.2, -0.15) is 13.2 Å². The topological polar surface area (TPSA) is 88.1 Å². The third kappa shape index (κ3) is 6.23. The van der Waals surface area contributed by atoms with Crippen LogP contribution in [-0.4, -0.2) is 47.4 Å². The highest BCUT2D eigenvalue weighted by molar-refractivity contribution is 5.82. The van der Waals surface area contributed by atoms with Crippen LogP contribution in [0, 0.1) is 11.3 Å². The summed E-state index contributed by atoms with van der Waals surface area (Å²) in [7, 11) is 1.37. The number of carbonyl (C=O) groups excluding carboxylic acids is 1. The molecule has 1 aliphatic heterocycles. The maximum atomic E-state index is 13.4. The second kappa shape index (κ2) is 11.2. The number of ether oxygens (including phenoxy) is 2. The van der Waals surface area contributed by atoms with E-state index in [-0.39, 0.29) is 17.9 Å². The van der Waals surface area contributed by atoms with Crippen molar-refractivity contribution >= 4 is 12.1 Å². The quantitative estimate of drug-likeness (QED) is 0.459. The van der Waals surface area contributed by atoms with Crippen molar-refractivity contribution in [3.05, 3.63) is 65.2 Å². The fourth-order valence-electron chi connectivity index (χ4n) is 5.26. The van der Waals surface area contributed by atoms with Crippen LogP contribution in [0.4, 0.5) is 18.0 Å². The largest absolute Gasteiger partial charge is 0.496 e. The number of hydrogen-bond acceptors (Lipinski definition) is 5. The highest BCUT2D eigenvalue weighted by Crippen LogP contribution is 2.48. The number of carboxylic acids is 1. The first-order chi connectivity index (χ1) is 17.7. The van der Waals surface area contributed by atoms with Gasteiger partial charge in [0.05, 0.1) is 24.8 Å². The normalized spacial score (nSPS) is 22.0. The average Bonchev–Trinajstić information content (AvgIpc) is 3.18. The molecule has 0 spiro atoms. The predicted molar refractivity (Wildman–Crippen MR) is 136 cm³/mol. The molecule has 10 heteroatoms. The number of methoxy groups -OCH3 is 1. The zero-order valence-electron chi connectivity index (χ0n) is 22.4. The standard InChI is InChI=1S/C28H35F3N2O5/c1-16(2)38-26(36)33-23(17-10-8-7-9-11-17)22(21(27(3,4)5)24(33)25(34)35)32-15-18-14-19(28(29,30)31)12-13-20(18)37-6/h7-14,16,21-24,32H,15H2,1-6H3,(H,34,35)/t21-,22-,23-,24-/m1/s1. The summed E-state index contributed by atoms with van der Waals surface area (Å²) in [6.45, 7) is 8.95. The van der Waals surface area contributed by atoms with Gasteiger partial charge in [-0.1, -0.05) is 51.1 Å². The molecule has 1 amide bonds. The number of likely N-dealkylation sites (tertiary alicyclic amines) is 1. The second-order valence-electron chi connectivity index (χ2n) is 10.8. The highest BCUT2D eigenvalue weighted by Gasteiger charge is 2.58. The van der Waals surface area contributed by atoms with Crippen LogP contribution in [0.15, 0.2) is 48.5 Å². The number of amides is 1. The van der Waals surface area contributed by atoms with Crippen LogP contribution in [0.3, 0.4) is 0 Å². The van der Waals surface area contributed by atoms with Crippen molar-refractivity contribution in [3.63, 3.8) is 0 Å².